The lowest BCUT2D eigenvalue weighted by molar-refractivity contribution is -0.138. The maximum absolute atomic E-state index is 13.0. The Kier molecular flexibility index (Phi) is 3.33. The van der Waals surface area contributed by atoms with Gasteiger partial charge < -0.3 is 5.32 Å². The number of carbonyl (C=O) groups is 3. The Bertz CT molecular complexity index is 559. The van der Waals surface area contributed by atoms with Gasteiger partial charge in [-0.25, -0.2) is 4.39 Å². The summed E-state index contributed by atoms with van der Waals surface area (Å²) in [5.41, 5.74) is 0.256. The smallest absolute Gasteiger partial charge is 0.242 e. The molecule has 1 saturated heterocycles. The Labute approximate surface area is 109 Å². The highest BCUT2D eigenvalue weighted by atomic mass is 19.1. The van der Waals surface area contributed by atoms with Crippen molar-refractivity contribution in [3.8, 4) is 0 Å². The number of rotatable bonds is 2. The second kappa shape index (κ2) is 4.79. The number of imide groups is 1. The van der Waals surface area contributed by atoms with E-state index in [1.165, 1.54) is 32.2 Å². The third kappa shape index (κ3) is 2.33. The Hall–Kier alpha value is -2.24. The van der Waals surface area contributed by atoms with Crippen LogP contribution >= 0.6 is 0 Å². The molecule has 2 unspecified atom stereocenters. The van der Waals surface area contributed by atoms with Crippen LogP contribution in [0.1, 0.15) is 6.92 Å². The maximum atomic E-state index is 13.0. The monoisotopic (exact) mass is 264 g/mol. The van der Waals surface area contributed by atoms with Gasteiger partial charge in [-0.15, -0.1) is 0 Å². The van der Waals surface area contributed by atoms with Gasteiger partial charge in [0.1, 0.15) is 11.7 Å². The van der Waals surface area contributed by atoms with Gasteiger partial charge in [-0.05, 0) is 18.2 Å². The summed E-state index contributed by atoms with van der Waals surface area (Å²) in [5.74, 6) is -3.76. The molecule has 100 valence electrons. The molecule has 1 aromatic carbocycles. The first kappa shape index (κ1) is 13.2. The maximum Gasteiger partial charge on any atom is 0.242 e. The fraction of sp³-hybridized carbons (Fsp3) is 0.308. The van der Waals surface area contributed by atoms with Crippen molar-refractivity contribution in [3.05, 3.63) is 30.1 Å². The molecule has 1 fully saturated rings. The van der Waals surface area contributed by atoms with Crippen LogP contribution in [0.3, 0.4) is 0 Å². The number of carbonyl (C=O) groups excluding carboxylic acids is 3. The van der Waals surface area contributed by atoms with Crippen molar-refractivity contribution < 1.29 is 18.8 Å². The predicted octanol–water partition coefficient (Wildman–Crippen LogP) is 1.02. The predicted molar refractivity (Wildman–Crippen MR) is 65.5 cm³/mol. The molecule has 3 amide bonds. The van der Waals surface area contributed by atoms with Gasteiger partial charge in [-0.3, -0.25) is 19.3 Å². The Morgan fingerprint density at radius 2 is 2.00 bits per heavy atom. The van der Waals surface area contributed by atoms with Crippen LogP contribution in [0.2, 0.25) is 0 Å². The number of amides is 3. The largest absolute Gasteiger partial charge is 0.325 e. The zero-order chi connectivity index (χ0) is 14.2. The number of halogens is 1. The number of nitrogens with one attached hydrogen (secondary N) is 1. The van der Waals surface area contributed by atoms with Crippen molar-refractivity contribution in [2.24, 2.45) is 11.8 Å². The molecule has 1 N–H and O–H groups in total. The molecule has 19 heavy (non-hydrogen) atoms. The number of likely N-dealkylation sites (tertiary alicyclic amines) is 1. The van der Waals surface area contributed by atoms with Crippen molar-refractivity contribution in [1.82, 2.24) is 4.90 Å². The zero-order valence-corrected chi connectivity index (χ0v) is 10.5. The molecule has 1 aromatic rings. The fourth-order valence-corrected chi connectivity index (χ4v) is 2.10. The number of nitrogens with zero attached hydrogens (tertiary/aromatic N) is 1. The van der Waals surface area contributed by atoms with Gasteiger partial charge in [0.25, 0.3) is 0 Å². The van der Waals surface area contributed by atoms with Gasteiger partial charge in [0.2, 0.25) is 17.7 Å². The standard InChI is InChI=1S/C13H13FN2O3/c1-7-10(13(19)16(2)12(7)18)11(17)15-9-5-3-4-8(14)6-9/h3-7,10H,1-2H3,(H,15,17). The van der Waals surface area contributed by atoms with Gasteiger partial charge in [0.15, 0.2) is 0 Å². The number of anilines is 1. The molecule has 1 aliphatic rings. The van der Waals surface area contributed by atoms with E-state index >= 15 is 0 Å². The number of hydrogen-bond acceptors (Lipinski definition) is 3. The molecule has 1 heterocycles. The van der Waals surface area contributed by atoms with Crippen LogP contribution in [0.4, 0.5) is 10.1 Å². The van der Waals surface area contributed by atoms with E-state index in [2.05, 4.69) is 5.32 Å². The SMILES string of the molecule is CC1C(=O)N(C)C(=O)C1C(=O)Nc1cccc(F)c1. The van der Waals surface area contributed by atoms with E-state index in [9.17, 15) is 18.8 Å². The molecule has 0 spiro atoms. The number of hydrogen-bond donors (Lipinski definition) is 1. The van der Waals surface area contributed by atoms with Crippen LogP contribution in [0.5, 0.6) is 0 Å². The van der Waals surface area contributed by atoms with E-state index in [0.717, 1.165) is 11.0 Å². The summed E-state index contributed by atoms with van der Waals surface area (Å²) in [6.07, 6.45) is 0. The minimum atomic E-state index is -1.05. The molecule has 0 radical (unpaired) electrons. The Balaban J connectivity index is 2.17. The molecule has 2 atom stereocenters. The van der Waals surface area contributed by atoms with Crippen LogP contribution in [-0.4, -0.2) is 29.7 Å². The molecule has 0 saturated carbocycles. The lowest BCUT2D eigenvalue weighted by Gasteiger charge is -2.11. The zero-order valence-electron chi connectivity index (χ0n) is 10.5. The van der Waals surface area contributed by atoms with Gasteiger partial charge in [-0.1, -0.05) is 13.0 Å². The van der Waals surface area contributed by atoms with Crippen LogP contribution in [-0.2, 0) is 14.4 Å². The van der Waals surface area contributed by atoms with E-state index in [0.29, 0.717) is 0 Å². The normalized spacial score (nSPS) is 22.8. The quantitative estimate of drug-likeness (QED) is 0.640. The van der Waals surface area contributed by atoms with Gasteiger partial charge in [-0.2, -0.15) is 0 Å². The topological polar surface area (TPSA) is 66.5 Å². The summed E-state index contributed by atoms with van der Waals surface area (Å²) < 4.78 is 13.0. The highest BCUT2D eigenvalue weighted by Gasteiger charge is 2.47. The van der Waals surface area contributed by atoms with Crippen LogP contribution in [0, 0.1) is 17.7 Å². The van der Waals surface area contributed by atoms with Crippen LogP contribution in [0.25, 0.3) is 0 Å². The molecule has 0 aromatic heterocycles. The van der Waals surface area contributed by atoms with E-state index < -0.39 is 29.5 Å². The van der Waals surface area contributed by atoms with Gasteiger partial charge in [0.05, 0.1) is 5.92 Å². The van der Waals surface area contributed by atoms with Crippen molar-refractivity contribution in [2.75, 3.05) is 12.4 Å². The second-order valence-corrected chi connectivity index (χ2v) is 4.50. The lowest BCUT2D eigenvalue weighted by Crippen LogP contribution is -2.32. The summed E-state index contributed by atoms with van der Waals surface area (Å²) in [6.45, 7) is 1.53. The van der Waals surface area contributed by atoms with E-state index in [1.807, 2.05) is 0 Å². The summed E-state index contributed by atoms with van der Waals surface area (Å²) in [4.78, 5) is 36.3. The molecule has 1 aliphatic heterocycles. The Morgan fingerprint density at radius 1 is 1.32 bits per heavy atom. The minimum absolute atomic E-state index is 0.256. The molecule has 0 aliphatic carbocycles. The molecular weight excluding hydrogens is 251 g/mol. The fourth-order valence-electron chi connectivity index (χ4n) is 2.10. The van der Waals surface area contributed by atoms with Crippen molar-refractivity contribution in [2.45, 2.75) is 6.92 Å². The third-order valence-corrected chi connectivity index (χ3v) is 3.19. The average Bonchev–Trinajstić information content (AvgIpc) is 2.54. The number of benzene rings is 1. The first-order valence-corrected chi connectivity index (χ1v) is 5.79. The van der Waals surface area contributed by atoms with Gasteiger partial charge in [0, 0.05) is 12.7 Å². The Morgan fingerprint density at radius 3 is 2.53 bits per heavy atom. The van der Waals surface area contributed by atoms with Crippen molar-refractivity contribution >= 4 is 23.4 Å². The molecule has 0 bridgehead atoms. The highest BCUT2D eigenvalue weighted by molar-refractivity contribution is 6.17. The first-order valence-electron chi connectivity index (χ1n) is 5.79. The van der Waals surface area contributed by atoms with Crippen molar-refractivity contribution in [1.29, 1.82) is 0 Å². The van der Waals surface area contributed by atoms with E-state index in [-0.39, 0.29) is 11.6 Å². The third-order valence-electron chi connectivity index (χ3n) is 3.19. The van der Waals surface area contributed by atoms with Crippen LogP contribution in [0.15, 0.2) is 24.3 Å². The summed E-state index contributed by atoms with van der Waals surface area (Å²) >= 11 is 0. The van der Waals surface area contributed by atoms with Crippen LogP contribution < -0.4 is 5.32 Å². The molecule has 2 rings (SSSR count). The highest BCUT2D eigenvalue weighted by Crippen LogP contribution is 2.26. The lowest BCUT2D eigenvalue weighted by atomic mass is 9.96. The molecule has 5 nitrogen and oxygen atoms in total. The average molecular weight is 264 g/mol. The van der Waals surface area contributed by atoms with Gasteiger partial charge >= 0.3 is 0 Å². The summed E-state index contributed by atoms with van der Waals surface area (Å²) in [7, 11) is 1.34. The molecule has 6 heteroatoms. The van der Waals surface area contributed by atoms with E-state index in [1.54, 1.807) is 0 Å². The summed E-state index contributed by atoms with van der Waals surface area (Å²) in [6, 6.07) is 5.35. The second-order valence-electron chi connectivity index (χ2n) is 4.50. The first-order chi connectivity index (χ1) is 8.91. The minimum Gasteiger partial charge on any atom is -0.325 e. The molecular formula is C13H13FN2O3. The van der Waals surface area contributed by atoms with E-state index in [4.69, 9.17) is 0 Å². The van der Waals surface area contributed by atoms with Crippen molar-refractivity contribution in [3.63, 3.8) is 0 Å². The summed E-state index contributed by atoms with van der Waals surface area (Å²) in [5, 5.41) is 2.45.